The summed E-state index contributed by atoms with van der Waals surface area (Å²) in [5.41, 5.74) is 3.69. The van der Waals surface area contributed by atoms with Gasteiger partial charge in [-0.25, -0.2) is 0 Å². The van der Waals surface area contributed by atoms with Crippen molar-refractivity contribution < 1.29 is 9.59 Å². The summed E-state index contributed by atoms with van der Waals surface area (Å²) in [4.78, 5) is 25.7. The topological polar surface area (TPSA) is 34.1 Å². The Bertz CT molecular complexity index is 1050. The van der Waals surface area contributed by atoms with Crippen molar-refractivity contribution in [1.82, 2.24) is 0 Å². The quantitative estimate of drug-likeness (QED) is 0.593. The minimum absolute atomic E-state index is 0.0388. The highest BCUT2D eigenvalue weighted by molar-refractivity contribution is 6.50. The average Bonchev–Trinajstić information content (AvgIpc) is 2.73. The fraction of sp³-hybridized carbons (Fsp3) is 0. The summed E-state index contributed by atoms with van der Waals surface area (Å²) >= 11 is 6.34. The van der Waals surface area contributed by atoms with Crippen LogP contribution in [-0.2, 0) is 0 Å². The fourth-order valence-electron chi connectivity index (χ4n) is 3.21. The van der Waals surface area contributed by atoms with Gasteiger partial charge in [-0.2, -0.15) is 0 Å². The Kier molecular flexibility index (Phi) is 4.57. The molecule has 0 aromatic heterocycles. The van der Waals surface area contributed by atoms with E-state index < -0.39 is 0 Å². The van der Waals surface area contributed by atoms with E-state index in [0.29, 0.717) is 11.1 Å². The van der Waals surface area contributed by atoms with Crippen LogP contribution in [0.4, 0.5) is 0 Å². The highest BCUT2D eigenvalue weighted by atomic mass is 35.5. The second-order valence-corrected chi connectivity index (χ2v) is 6.60. The first-order chi connectivity index (χ1) is 13.2. The number of allylic oxidation sites excluding steroid dienone is 3. The van der Waals surface area contributed by atoms with Crippen molar-refractivity contribution in [2.45, 2.75) is 0 Å². The van der Waals surface area contributed by atoms with E-state index in [2.05, 4.69) is 0 Å². The molecule has 0 spiro atoms. The molecule has 130 valence electrons. The third-order valence-electron chi connectivity index (χ3n) is 4.56. The monoisotopic (exact) mass is 370 g/mol. The summed E-state index contributed by atoms with van der Waals surface area (Å²) in [6.07, 6.45) is 1.73. The van der Waals surface area contributed by atoms with Crippen molar-refractivity contribution >= 4 is 28.7 Å². The molecule has 2 nitrogen and oxygen atoms in total. The second-order valence-electron chi connectivity index (χ2n) is 6.22. The molecule has 0 aliphatic heterocycles. The minimum Gasteiger partial charge on any atom is -0.289 e. The molecule has 0 amide bonds. The highest BCUT2D eigenvalue weighted by Crippen LogP contribution is 2.33. The number of hydrogen-bond acceptors (Lipinski definition) is 2. The van der Waals surface area contributed by atoms with E-state index >= 15 is 0 Å². The number of ketones is 2. The summed E-state index contributed by atoms with van der Waals surface area (Å²) in [6.45, 7) is 0. The normalized spacial score (nSPS) is 13.4. The molecule has 0 atom stereocenters. The lowest BCUT2D eigenvalue weighted by atomic mass is 9.86. The molecule has 27 heavy (non-hydrogen) atoms. The van der Waals surface area contributed by atoms with Crippen LogP contribution in [0.3, 0.4) is 0 Å². The Morgan fingerprint density at radius 2 is 1.07 bits per heavy atom. The van der Waals surface area contributed by atoms with E-state index in [4.69, 9.17) is 11.6 Å². The Morgan fingerprint density at radius 3 is 1.59 bits per heavy atom. The molecule has 0 heterocycles. The summed E-state index contributed by atoms with van der Waals surface area (Å²) in [5.74, 6) is -0.557. The smallest absolute Gasteiger partial charge is 0.205 e. The number of rotatable bonds is 3. The molecule has 3 aromatic rings. The predicted octanol–water partition coefficient (Wildman–Crippen LogP) is 5.69. The fourth-order valence-corrected chi connectivity index (χ4v) is 3.45. The largest absolute Gasteiger partial charge is 0.289 e. The number of hydrogen-bond donors (Lipinski definition) is 0. The lowest BCUT2D eigenvalue weighted by Gasteiger charge is -2.17. The van der Waals surface area contributed by atoms with Crippen molar-refractivity contribution in [2.24, 2.45) is 0 Å². The predicted molar refractivity (Wildman–Crippen MR) is 108 cm³/mol. The molecule has 4 rings (SSSR count). The molecule has 0 saturated heterocycles. The van der Waals surface area contributed by atoms with Crippen LogP contribution in [0.1, 0.15) is 31.8 Å². The van der Waals surface area contributed by atoms with Gasteiger partial charge in [0.25, 0.3) is 0 Å². The second kappa shape index (κ2) is 7.18. The molecule has 0 N–H and O–H groups in total. The van der Waals surface area contributed by atoms with Crippen molar-refractivity contribution in [3.8, 4) is 0 Å². The summed E-state index contributed by atoms with van der Waals surface area (Å²) < 4.78 is 0. The Balaban J connectivity index is 1.92. The zero-order valence-electron chi connectivity index (χ0n) is 14.4. The maximum Gasteiger partial charge on any atom is 0.205 e. The van der Waals surface area contributed by atoms with Gasteiger partial charge < -0.3 is 0 Å². The summed E-state index contributed by atoms with van der Waals surface area (Å²) in [5, 5.41) is -0.0388. The first-order valence-corrected chi connectivity index (χ1v) is 8.95. The molecule has 0 unspecified atom stereocenters. The van der Waals surface area contributed by atoms with E-state index in [1.165, 1.54) is 0 Å². The minimum atomic E-state index is -0.321. The third-order valence-corrected chi connectivity index (χ3v) is 4.93. The van der Waals surface area contributed by atoms with Gasteiger partial charge in [-0.15, -0.1) is 0 Å². The Labute approximate surface area is 162 Å². The van der Waals surface area contributed by atoms with Crippen LogP contribution >= 0.6 is 11.6 Å². The van der Waals surface area contributed by atoms with Gasteiger partial charge in [0.15, 0.2) is 5.78 Å². The van der Waals surface area contributed by atoms with Crippen LogP contribution in [0.5, 0.6) is 0 Å². The molecule has 1 aliphatic rings. The summed E-state index contributed by atoms with van der Waals surface area (Å²) in [6, 6.07) is 26.3. The molecule has 0 fully saturated rings. The molecular formula is C24H15ClO2. The van der Waals surface area contributed by atoms with Crippen LogP contribution in [0.25, 0.3) is 5.57 Å². The molecule has 0 saturated carbocycles. The van der Waals surface area contributed by atoms with Gasteiger partial charge in [-0.05, 0) is 22.8 Å². The number of benzene rings is 3. The van der Waals surface area contributed by atoms with Crippen LogP contribution in [0, 0.1) is 0 Å². The van der Waals surface area contributed by atoms with Crippen LogP contribution in [0.2, 0.25) is 0 Å². The molecule has 0 radical (unpaired) electrons. The van der Waals surface area contributed by atoms with E-state index in [0.717, 1.165) is 16.7 Å². The first-order valence-electron chi connectivity index (χ1n) is 8.57. The number of fused-ring (bicyclic) bond motifs is 1. The van der Waals surface area contributed by atoms with Crippen LogP contribution in [0.15, 0.2) is 102 Å². The number of carbonyl (C=O) groups excluding carboxylic acids is 2. The van der Waals surface area contributed by atoms with Crippen molar-refractivity contribution in [2.75, 3.05) is 0 Å². The SMILES string of the molecule is O=C1C(Cl)=C(C=C(c2ccccc2)c2ccccc2)C(=O)c2ccccc21. The number of halogens is 1. The van der Waals surface area contributed by atoms with Gasteiger partial charge in [0.1, 0.15) is 0 Å². The van der Waals surface area contributed by atoms with Gasteiger partial charge in [-0.1, -0.05) is 96.5 Å². The highest BCUT2D eigenvalue weighted by Gasteiger charge is 2.30. The summed E-state index contributed by atoms with van der Waals surface area (Å²) in [7, 11) is 0. The van der Waals surface area contributed by atoms with Crippen LogP contribution < -0.4 is 0 Å². The lowest BCUT2D eigenvalue weighted by Crippen LogP contribution is -2.19. The van der Waals surface area contributed by atoms with E-state index in [9.17, 15) is 9.59 Å². The van der Waals surface area contributed by atoms with Gasteiger partial charge in [-0.3, -0.25) is 9.59 Å². The number of carbonyl (C=O) groups is 2. The molecular weight excluding hydrogens is 356 g/mol. The van der Waals surface area contributed by atoms with Crippen molar-refractivity contribution in [1.29, 1.82) is 0 Å². The van der Waals surface area contributed by atoms with Gasteiger partial charge >= 0.3 is 0 Å². The van der Waals surface area contributed by atoms with E-state index in [1.807, 2.05) is 60.7 Å². The third kappa shape index (κ3) is 3.16. The van der Waals surface area contributed by atoms with Gasteiger partial charge in [0.2, 0.25) is 5.78 Å². The lowest BCUT2D eigenvalue weighted by molar-refractivity contribution is 0.0984. The molecule has 1 aliphatic carbocycles. The standard InChI is InChI=1S/C24H15ClO2/c25-22-21(23(26)18-13-7-8-14-19(18)24(22)27)15-20(16-9-3-1-4-10-16)17-11-5-2-6-12-17/h1-15H. The van der Waals surface area contributed by atoms with E-state index in [-0.39, 0.29) is 22.2 Å². The van der Waals surface area contributed by atoms with Crippen LogP contribution in [-0.4, -0.2) is 11.6 Å². The Hall–Kier alpha value is -3.23. The molecule has 0 bridgehead atoms. The maximum absolute atomic E-state index is 13.0. The van der Waals surface area contributed by atoms with Gasteiger partial charge in [0.05, 0.1) is 5.03 Å². The average molecular weight is 371 g/mol. The molecule has 3 aromatic carbocycles. The number of Topliss-reactive ketones (excluding diaryl/α,β-unsaturated/α-hetero) is 2. The first kappa shape index (κ1) is 17.2. The zero-order chi connectivity index (χ0) is 18.8. The maximum atomic E-state index is 13.0. The van der Waals surface area contributed by atoms with Gasteiger partial charge in [0, 0.05) is 16.7 Å². The molecule has 3 heteroatoms. The van der Waals surface area contributed by atoms with E-state index in [1.54, 1.807) is 30.3 Å². The van der Waals surface area contributed by atoms with Crippen molar-refractivity contribution in [3.63, 3.8) is 0 Å². The van der Waals surface area contributed by atoms with Crippen molar-refractivity contribution in [3.05, 3.63) is 124 Å². The zero-order valence-corrected chi connectivity index (χ0v) is 15.1. The Morgan fingerprint density at radius 1 is 0.630 bits per heavy atom.